The van der Waals surface area contributed by atoms with E-state index in [1.807, 2.05) is 24.3 Å². The molecule has 132 valence electrons. The van der Waals surface area contributed by atoms with Crippen molar-refractivity contribution in [2.75, 3.05) is 17.7 Å². The zero-order valence-electron chi connectivity index (χ0n) is 14.2. The zero-order valence-corrected chi connectivity index (χ0v) is 14.2. The van der Waals surface area contributed by atoms with Crippen molar-refractivity contribution in [3.05, 3.63) is 83.8 Å². The lowest BCUT2D eigenvalue weighted by Crippen LogP contribution is -2.12. The minimum atomic E-state index is -0.381. The summed E-state index contributed by atoms with van der Waals surface area (Å²) >= 11 is 0. The molecule has 26 heavy (non-hydrogen) atoms. The number of para-hydroxylation sites is 1. The summed E-state index contributed by atoms with van der Waals surface area (Å²) < 4.78 is 18.2. The molecule has 1 aromatic heterocycles. The van der Waals surface area contributed by atoms with Gasteiger partial charge in [-0.05, 0) is 42.5 Å². The highest BCUT2D eigenvalue weighted by atomic mass is 19.1. The van der Waals surface area contributed by atoms with Gasteiger partial charge in [0.1, 0.15) is 17.4 Å². The molecular weight excluding hydrogens is 333 g/mol. The molecule has 0 aliphatic rings. The molecule has 0 saturated carbocycles. The summed E-state index contributed by atoms with van der Waals surface area (Å²) in [5, 5.41) is 5.93. The molecule has 0 unspecified atom stereocenters. The molecule has 2 N–H and O–H groups in total. The SMILES string of the molecule is COc1ccccc1CNc1ccc(NC(=O)c2ccc(F)cc2)cn1. The molecule has 5 nitrogen and oxygen atoms in total. The predicted molar refractivity (Wildman–Crippen MR) is 98.9 cm³/mol. The van der Waals surface area contributed by atoms with Crippen LogP contribution in [0.25, 0.3) is 0 Å². The van der Waals surface area contributed by atoms with E-state index in [1.54, 1.807) is 25.4 Å². The fourth-order valence-corrected chi connectivity index (χ4v) is 2.41. The number of halogens is 1. The van der Waals surface area contributed by atoms with Gasteiger partial charge in [-0.15, -0.1) is 0 Å². The first-order valence-electron chi connectivity index (χ1n) is 8.04. The average Bonchev–Trinajstić information content (AvgIpc) is 2.68. The van der Waals surface area contributed by atoms with Crippen LogP contribution >= 0.6 is 0 Å². The molecule has 3 aromatic rings. The third-order valence-electron chi connectivity index (χ3n) is 3.78. The third-order valence-corrected chi connectivity index (χ3v) is 3.78. The molecule has 0 bridgehead atoms. The molecule has 3 rings (SSSR count). The predicted octanol–water partition coefficient (Wildman–Crippen LogP) is 4.09. The van der Waals surface area contributed by atoms with Crippen LogP contribution in [0.4, 0.5) is 15.9 Å². The minimum absolute atomic E-state index is 0.318. The number of hydrogen-bond donors (Lipinski definition) is 2. The number of pyridine rings is 1. The number of carbonyl (C=O) groups is 1. The lowest BCUT2D eigenvalue weighted by molar-refractivity contribution is 0.102. The Morgan fingerprint density at radius 2 is 1.85 bits per heavy atom. The van der Waals surface area contributed by atoms with Crippen LogP contribution in [0.1, 0.15) is 15.9 Å². The van der Waals surface area contributed by atoms with Crippen LogP contribution in [-0.4, -0.2) is 18.0 Å². The number of rotatable bonds is 6. The molecular formula is C20H18FN3O2. The van der Waals surface area contributed by atoms with Gasteiger partial charge >= 0.3 is 0 Å². The van der Waals surface area contributed by atoms with Crippen LogP contribution in [-0.2, 0) is 6.54 Å². The topological polar surface area (TPSA) is 63.2 Å². The lowest BCUT2D eigenvalue weighted by atomic mass is 10.2. The van der Waals surface area contributed by atoms with Gasteiger partial charge in [-0.2, -0.15) is 0 Å². The van der Waals surface area contributed by atoms with Crippen molar-refractivity contribution in [1.29, 1.82) is 0 Å². The van der Waals surface area contributed by atoms with E-state index in [4.69, 9.17) is 4.74 Å². The van der Waals surface area contributed by atoms with Crippen LogP contribution in [0.2, 0.25) is 0 Å². The molecule has 0 aliphatic heterocycles. The third kappa shape index (κ3) is 4.36. The number of benzene rings is 2. The maximum Gasteiger partial charge on any atom is 0.255 e. The molecule has 1 heterocycles. The Balaban J connectivity index is 1.59. The number of nitrogens with zero attached hydrogens (tertiary/aromatic N) is 1. The second kappa shape index (κ2) is 8.11. The van der Waals surface area contributed by atoms with Crippen molar-refractivity contribution in [3.8, 4) is 5.75 Å². The number of ether oxygens (including phenoxy) is 1. The van der Waals surface area contributed by atoms with Crippen LogP contribution in [0, 0.1) is 5.82 Å². The van der Waals surface area contributed by atoms with Crippen molar-refractivity contribution in [2.45, 2.75) is 6.54 Å². The van der Waals surface area contributed by atoms with E-state index in [0.29, 0.717) is 23.6 Å². The number of hydrogen-bond acceptors (Lipinski definition) is 4. The molecule has 0 atom stereocenters. The van der Waals surface area contributed by atoms with Crippen molar-refractivity contribution < 1.29 is 13.9 Å². The highest BCUT2D eigenvalue weighted by Crippen LogP contribution is 2.19. The Morgan fingerprint density at radius 3 is 2.54 bits per heavy atom. The van der Waals surface area contributed by atoms with E-state index in [-0.39, 0.29) is 11.7 Å². The second-order valence-corrected chi connectivity index (χ2v) is 5.56. The number of aromatic nitrogens is 1. The van der Waals surface area contributed by atoms with Gasteiger partial charge < -0.3 is 15.4 Å². The first kappa shape index (κ1) is 17.4. The smallest absolute Gasteiger partial charge is 0.255 e. The van der Waals surface area contributed by atoms with Crippen molar-refractivity contribution in [1.82, 2.24) is 4.98 Å². The molecule has 0 spiro atoms. The number of anilines is 2. The summed E-state index contributed by atoms with van der Waals surface area (Å²) in [7, 11) is 1.63. The fraction of sp³-hybridized carbons (Fsp3) is 0.100. The normalized spacial score (nSPS) is 10.2. The van der Waals surface area contributed by atoms with E-state index in [1.165, 1.54) is 24.3 Å². The maximum absolute atomic E-state index is 12.9. The summed E-state index contributed by atoms with van der Waals surface area (Å²) in [5.41, 5.74) is 1.96. The standard InChI is InChI=1S/C20H18FN3O2/c1-26-18-5-3-2-4-15(18)12-22-19-11-10-17(13-23-19)24-20(25)14-6-8-16(21)9-7-14/h2-11,13H,12H2,1H3,(H,22,23)(H,24,25). The Labute approximate surface area is 150 Å². The van der Waals surface area contributed by atoms with Gasteiger partial charge in [0.2, 0.25) is 0 Å². The van der Waals surface area contributed by atoms with E-state index < -0.39 is 0 Å². The number of amides is 1. The Bertz CT molecular complexity index is 880. The largest absolute Gasteiger partial charge is 0.496 e. The van der Waals surface area contributed by atoms with Crippen LogP contribution in [0.15, 0.2) is 66.9 Å². The minimum Gasteiger partial charge on any atom is -0.496 e. The van der Waals surface area contributed by atoms with Gasteiger partial charge in [0, 0.05) is 17.7 Å². The highest BCUT2D eigenvalue weighted by Gasteiger charge is 2.07. The quantitative estimate of drug-likeness (QED) is 0.702. The molecule has 6 heteroatoms. The Hall–Kier alpha value is -3.41. The highest BCUT2D eigenvalue weighted by molar-refractivity contribution is 6.04. The maximum atomic E-state index is 12.9. The number of methoxy groups -OCH3 is 1. The van der Waals surface area contributed by atoms with Gasteiger partial charge in [0.15, 0.2) is 0 Å². The van der Waals surface area contributed by atoms with E-state index in [2.05, 4.69) is 15.6 Å². The molecule has 1 amide bonds. The fourth-order valence-electron chi connectivity index (χ4n) is 2.41. The van der Waals surface area contributed by atoms with Gasteiger partial charge in [0.25, 0.3) is 5.91 Å². The molecule has 2 aromatic carbocycles. The van der Waals surface area contributed by atoms with Crippen LogP contribution in [0.3, 0.4) is 0 Å². The summed E-state index contributed by atoms with van der Waals surface area (Å²) in [6, 6.07) is 16.6. The van der Waals surface area contributed by atoms with Crippen LogP contribution < -0.4 is 15.4 Å². The van der Waals surface area contributed by atoms with Gasteiger partial charge in [-0.25, -0.2) is 9.37 Å². The Kier molecular flexibility index (Phi) is 5.43. The van der Waals surface area contributed by atoms with Crippen molar-refractivity contribution in [2.24, 2.45) is 0 Å². The summed E-state index contributed by atoms with van der Waals surface area (Å²) in [5.74, 6) is 0.786. The van der Waals surface area contributed by atoms with E-state index in [0.717, 1.165) is 11.3 Å². The molecule has 0 saturated heterocycles. The van der Waals surface area contributed by atoms with Crippen LogP contribution in [0.5, 0.6) is 5.75 Å². The molecule has 0 aliphatic carbocycles. The summed E-state index contributed by atoms with van der Waals surface area (Å²) in [6.07, 6.45) is 1.56. The molecule has 0 fully saturated rings. The van der Waals surface area contributed by atoms with E-state index in [9.17, 15) is 9.18 Å². The second-order valence-electron chi connectivity index (χ2n) is 5.56. The van der Waals surface area contributed by atoms with Crippen molar-refractivity contribution >= 4 is 17.4 Å². The number of nitrogens with one attached hydrogen (secondary N) is 2. The number of carbonyl (C=O) groups excluding carboxylic acids is 1. The lowest BCUT2D eigenvalue weighted by Gasteiger charge is -2.10. The van der Waals surface area contributed by atoms with Gasteiger partial charge in [0.05, 0.1) is 19.0 Å². The Morgan fingerprint density at radius 1 is 1.08 bits per heavy atom. The molecule has 0 radical (unpaired) electrons. The average molecular weight is 351 g/mol. The van der Waals surface area contributed by atoms with E-state index >= 15 is 0 Å². The van der Waals surface area contributed by atoms with Crippen molar-refractivity contribution in [3.63, 3.8) is 0 Å². The first-order chi connectivity index (χ1) is 12.7. The zero-order chi connectivity index (χ0) is 18.4. The summed E-state index contributed by atoms with van der Waals surface area (Å²) in [4.78, 5) is 16.4. The summed E-state index contributed by atoms with van der Waals surface area (Å²) in [6.45, 7) is 0.568. The van der Waals surface area contributed by atoms with Gasteiger partial charge in [-0.1, -0.05) is 18.2 Å². The first-order valence-corrected chi connectivity index (χ1v) is 8.04. The monoisotopic (exact) mass is 351 g/mol. The van der Waals surface area contributed by atoms with Gasteiger partial charge in [-0.3, -0.25) is 4.79 Å².